The number of carbonyl (C=O) groups excluding carboxylic acids is 1. The zero-order valence-corrected chi connectivity index (χ0v) is 11.6. The van der Waals surface area contributed by atoms with Crippen LogP contribution in [0.4, 0.5) is 11.6 Å². The topological polar surface area (TPSA) is 80.9 Å². The van der Waals surface area contributed by atoms with Gasteiger partial charge in [-0.05, 0) is 42.5 Å². The van der Waals surface area contributed by atoms with E-state index in [1.165, 1.54) is 0 Å². The first-order valence-electron chi connectivity index (χ1n) is 6.56. The van der Waals surface area contributed by atoms with E-state index >= 15 is 0 Å². The Bertz CT molecular complexity index is 895. The van der Waals surface area contributed by atoms with E-state index < -0.39 is 5.91 Å². The lowest BCUT2D eigenvalue weighted by atomic mass is 10.1. The Kier molecular flexibility index (Phi) is 3.42. The summed E-state index contributed by atoms with van der Waals surface area (Å²) in [5, 5.41) is 3.96. The monoisotopic (exact) mass is 288 g/mol. The molecule has 22 heavy (non-hydrogen) atoms. The molecular formula is C17H12N4O. The minimum atomic E-state index is -0.460. The fourth-order valence-electron chi connectivity index (χ4n) is 2.03. The highest BCUT2D eigenvalue weighted by Gasteiger charge is 2.03. The lowest BCUT2D eigenvalue weighted by molar-refractivity contribution is 0.100. The van der Waals surface area contributed by atoms with Crippen molar-refractivity contribution in [2.24, 2.45) is 5.73 Å². The van der Waals surface area contributed by atoms with Gasteiger partial charge < -0.3 is 11.1 Å². The van der Waals surface area contributed by atoms with Gasteiger partial charge in [-0.1, -0.05) is 5.92 Å². The van der Waals surface area contributed by atoms with Crippen LogP contribution in [0.1, 0.15) is 15.9 Å². The van der Waals surface area contributed by atoms with E-state index in [1.54, 1.807) is 30.5 Å². The second kappa shape index (κ2) is 5.54. The SMILES string of the molecule is C#Cc1ccc2nc(Nc3ccc(C(N)=O)cc3)ncc2c1. The predicted octanol–water partition coefficient (Wildman–Crippen LogP) is 2.45. The quantitative estimate of drug-likeness (QED) is 0.725. The fraction of sp³-hybridized carbons (Fsp3) is 0. The van der Waals surface area contributed by atoms with Crippen molar-refractivity contribution in [3.8, 4) is 12.3 Å². The molecule has 1 amide bonds. The van der Waals surface area contributed by atoms with Crippen LogP contribution in [0.2, 0.25) is 0 Å². The maximum Gasteiger partial charge on any atom is 0.248 e. The second-order valence-corrected chi connectivity index (χ2v) is 4.68. The maximum absolute atomic E-state index is 11.0. The minimum Gasteiger partial charge on any atom is -0.366 e. The fourth-order valence-corrected chi connectivity index (χ4v) is 2.03. The first-order valence-corrected chi connectivity index (χ1v) is 6.56. The lowest BCUT2D eigenvalue weighted by Crippen LogP contribution is -2.10. The molecule has 106 valence electrons. The molecular weight excluding hydrogens is 276 g/mol. The number of benzene rings is 2. The van der Waals surface area contributed by atoms with Gasteiger partial charge in [-0.2, -0.15) is 0 Å². The molecule has 0 radical (unpaired) electrons. The molecule has 2 aromatic carbocycles. The molecule has 3 aromatic rings. The number of rotatable bonds is 3. The van der Waals surface area contributed by atoms with Crippen LogP contribution in [0.25, 0.3) is 10.9 Å². The van der Waals surface area contributed by atoms with E-state index in [2.05, 4.69) is 21.2 Å². The molecule has 1 heterocycles. The normalized spacial score (nSPS) is 10.1. The average Bonchev–Trinajstić information content (AvgIpc) is 2.55. The first-order chi connectivity index (χ1) is 10.7. The van der Waals surface area contributed by atoms with Crippen LogP contribution >= 0.6 is 0 Å². The molecule has 0 bridgehead atoms. The van der Waals surface area contributed by atoms with Crippen molar-refractivity contribution >= 4 is 28.4 Å². The third-order valence-corrected chi connectivity index (χ3v) is 3.17. The number of primary amides is 1. The van der Waals surface area contributed by atoms with Crippen molar-refractivity contribution in [2.75, 3.05) is 5.32 Å². The van der Waals surface area contributed by atoms with Crippen molar-refractivity contribution in [1.29, 1.82) is 0 Å². The highest BCUT2D eigenvalue weighted by molar-refractivity contribution is 5.93. The molecule has 0 aliphatic rings. The molecule has 3 rings (SSSR count). The molecule has 5 nitrogen and oxygen atoms in total. The number of nitrogens with two attached hydrogens (primary N) is 1. The van der Waals surface area contributed by atoms with Crippen molar-refractivity contribution in [3.05, 3.63) is 59.8 Å². The van der Waals surface area contributed by atoms with Crippen LogP contribution in [0, 0.1) is 12.3 Å². The number of hydrogen-bond acceptors (Lipinski definition) is 4. The van der Waals surface area contributed by atoms with Crippen LogP contribution in [-0.2, 0) is 0 Å². The van der Waals surface area contributed by atoms with E-state index in [0.717, 1.165) is 22.2 Å². The van der Waals surface area contributed by atoms with Gasteiger partial charge in [-0.15, -0.1) is 6.42 Å². The van der Waals surface area contributed by atoms with Gasteiger partial charge in [0.2, 0.25) is 11.9 Å². The van der Waals surface area contributed by atoms with Gasteiger partial charge >= 0.3 is 0 Å². The number of hydrogen-bond donors (Lipinski definition) is 2. The summed E-state index contributed by atoms with van der Waals surface area (Å²) >= 11 is 0. The van der Waals surface area contributed by atoms with Crippen molar-refractivity contribution < 1.29 is 4.79 Å². The van der Waals surface area contributed by atoms with Gasteiger partial charge in [0.1, 0.15) is 0 Å². The lowest BCUT2D eigenvalue weighted by Gasteiger charge is -2.06. The van der Waals surface area contributed by atoms with Crippen LogP contribution in [0.5, 0.6) is 0 Å². The molecule has 0 atom stereocenters. The third kappa shape index (κ3) is 2.72. The number of anilines is 2. The van der Waals surface area contributed by atoms with Gasteiger partial charge in [0.25, 0.3) is 0 Å². The Balaban J connectivity index is 1.87. The maximum atomic E-state index is 11.0. The number of carbonyl (C=O) groups is 1. The summed E-state index contributed by atoms with van der Waals surface area (Å²) in [6.45, 7) is 0. The first kappa shape index (κ1) is 13.6. The van der Waals surface area contributed by atoms with Gasteiger partial charge in [-0.25, -0.2) is 9.97 Å². The minimum absolute atomic E-state index is 0.451. The molecule has 0 spiro atoms. The van der Waals surface area contributed by atoms with E-state index in [0.29, 0.717) is 11.5 Å². The predicted molar refractivity (Wildman–Crippen MR) is 85.7 cm³/mol. The summed E-state index contributed by atoms with van der Waals surface area (Å²) in [6.07, 6.45) is 7.08. The van der Waals surface area contributed by atoms with Gasteiger partial charge in [0.15, 0.2) is 0 Å². The molecule has 0 unspecified atom stereocenters. The summed E-state index contributed by atoms with van der Waals surface area (Å²) in [5.74, 6) is 2.58. The highest BCUT2D eigenvalue weighted by Crippen LogP contribution is 2.18. The smallest absolute Gasteiger partial charge is 0.248 e. The average molecular weight is 288 g/mol. The van der Waals surface area contributed by atoms with E-state index in [1.807, 2.05) is 18.2 Å². The number of terminal acetylenes is 1. The molecule has 0 saturated carbocycles. The zero-order chi connectivity index (χ0) is 15.5. The Hall–Kier alpha value is -3.39. The van der Waals surface area contributed by atoms with E-state index in [4.69, 9.17) is 12.2 Å². The second-order valence-electron chi connectivity index (χ2n) is 4.68. The molecule has 5 heteroatoms. The van der Waals surface area contributed by atoms with Gasteiger partial charge in [-0.3, -0.25) is 4.79 Å². The van der Waals surface area contributed by atoms with E-state index in [-0.39, 0.29) is 0 Å². The van der Waals surface area contributed by atoms with E-state index in [9.17, 15) is 4.79 Å². The number of fused-ring (bicyclic) bond motifs is 1. The van der Waals surface area contributed by atoms with Crippen molar-refractivity contribution in [2.45, 2.75) is 0 Å². The van der Waals surface area contributed by atoms with Crippen LogP contribution in [0.15, 0.2) is 48.7 Å². The molecule has 0 aliphatic carbocycles. The molecule has 0 saturated heterocycles. The number of amides is 1. The van der Waals surface area contributed by atoms with Gasteiger partial charge in [0, 0.05) is 28.4 Å². The summed E-state index contributed by atoms with van der Waals surface area (Å²) < 4.78 is 0. The summed E-state index contributed by atoms with van der Waals surface area (Å²) in [5.41, 5.74) is 8.01. The summed E-state index contributed by atoms with van der Waals surface area (Å²) in [7, 11) is 0. The van der Waals surface area contributed by atoms with Gasteiger partial charge in [0.05, 0.1) is 5.52 Å². The number of nitrogens with zero attached hydrogens (tertiary/aromatic N) is 2. The Morgan fingerprint density at radius 1 is 1.18 bits per heavy atom. The Labute approximate surface area is 127 Å². The summed E-state index contributed by atoms with van der Waals surface area (Å²) in [6, 6.07) is 12.3. The van der Waals surface area contributed by atoms with Crippen molar-refractivity contribution in [1.82, 2.24) is 9.97 Å². The number of nitrogens with one attached hydrogen (secondary N) is 1. The Morgan fingerprint density at radius 3 is 2.64 bits per heavy atom. The highest BCUT2D eigenvalue weighted by atomic mass is 16.1. The van der Waals surface area contributed by atoms with Crippen LogP contribution in [0.3, 0.4) is 0 Å². The molecule has 0 fully saturated rings. The standard InChI is InChI=1S/C17H12N4O/c1-2-11-3-8-15-13(9-11)10-19-17(21-15)20-14-6-4-12(5-7-14)16(18)22/h1,3-10H,(H2,18,22)(H,19,20,21). The number of aromatic nitrogens is 2. The summed E-state index contributed by atoms with van der Waals surface area (Å²) in [4.78, 5) is 19.7. The largest absolute Gasteiger partial charge is 0.366 e. The van der Waals surface area contributed by atoms with Crippen LogP contribution < -0.4 is 11.1 Å². The third-order valence-electron chi connectivity index (χ3n) is 3.17. The van der Waals surface area contributed by atoms with Crippen LogP contribution in [-0.4, -0.2) is 15.9 Å². The van der Waals surface area contributed by atoms with Crippen molar-refractivity contribution in [3.63, 3.8) is 0 Å². The molecule has 3 N–H and O–H groups in total. The molecule has 1 aromatic heterocycles. The molecule has 0 aliphatic heterocycles. The Morgan fingerprint density at radius 2 is 1.95 bits per heavy atom. The zero-order valence-electron chi connectivity index (χ0n) is 11.6.